The lowest BCUT2D eigenvalue weighted by molar-refractivity contribution is 0.280. The van der Waals surface area contributed by atoms with Crippen LogP contribution in [0.25, 0.3) is 11.0 Å². The van der Waals surface area contributed by atoms with Gasteiger partial charge in [0, 0.05) is 18.5 Å². The van der Waals surface area contributed by atoms with E-state index in [2.05, 4.69) is 26.0 Å². The molecule has 34 heavy (non-hydrogen) atoms. The molecule has 0 unspecified atom stereocenters. The predicted octanol–water partition coefficient (Wildman–Crippen LogP) is 3.48. The van der Waals surface area contributed by atoms with Crippen molar-refractivity contribution in [3.05, 3.63) is 53.5 Å². The second-order valence-corrected chi connectivity index (χ2v) is 10.2. The second kappa shape index (κ2) is 8.01. The van der Waals surface area contributed by atoms with Crippen molar-refractivity contribution in [3.63, 3.8) is 0 Å². The van der Waals surface area contributed by atoms with E-state index in [0.29, 0.717) is 41.5 Å². The van der Waals surface area contributed by atoms with Crippen LogP contribution >= 0.6 is 0 Å². The number of pyridine rings is 1. The number of aromatic nitrogens is 4. The zero-order chi connectivity index (χ0) is 23.3. The Labute approximate surface area is 195 Å². The summed E-state index contributed by atoms with van der Waals surface area (Å²) in [6.45, 7) is 0.889. The molecule has 1 fully saturated rings. The van der Waals surface area contributed by atoms with E-state index in [-0.39, 0.29) is 16.6 Å². The molecule has 0 radical (unpaired) electrons. The number of nitrogens with one attached hydrogen (secondary N) is 1. The zero-order valence-electron chi connectivity index (χ0n) is 18.5. The van der Waals surface area contributed by atoms with Crippen molar-refractivity contribution in [2.24, 2.45) is 0 Å². The molecule has 1 aromatic carbocycles. The Kier molecular flexibility index (Phi) is 4.94. The summed E-state index contributed by atoms with van der Waals surface area (Å²) in [6, 6.07) is 7.33. The van der Waals surface area contributed by atoms with Gasteiger partial charge in [-0.05, 0) is 54.9 Å². The van der Waals surface area contributed by atoms with E-state index in [1.807, 2.05) is 12.3 Å². The Morgan fingerprint density at radius 2 is 2.15 bits per heavy atom. The number of fused-ring (bicyclic) bond motifs is 2. The molecule has 0 spiro atoms. The number of benzene rings is 1. The fourth-order valence-electron chi connectivity index (χ4n) is 4.34. The van der Waals surface area contributed by atoms with Crippen LogP contribution in [0.15, 0.2) is 46.1 Å². The molecule has 4 heterocycles. The molecule has 176 valence electrons. The van der Waals surface area contributed by atoms with E-state index in [0.717, 1.165) is 36.8 Å². The highest BCUT2D eigenvalue weighted by atomic mass is 32.2. The number of anilines is 1. The average molecular weight is 482 g/mol. The topological polar surface area (TPSA) is 121 Å². The first-order valence-electron chi connectivity index (χ1n) is 11.1. The molecule has 1 N–H and O–H groups in total. The molecule has 10 nitrogen and oxygen atoms in total. The first-order valence-corrected chi connectivity index (χ1v) is 12.6. The molecule has 0 saturated heterocycles. The van der Waals surface area contributed by atoms with Gasteiger partial charge >= 0.3 is 0 Å². The molecular formula is C23H23N5O5S. The van der Waals surface area contributed by atoms with Gasteiger partial charge in [-0.15, -0.1) is 0 Å². The molecule has 2 aliphatic rings. The number of methoxy groups -OCH3 is 1. The fraction of sp³-hybridized carbons (Fsp3) is 0.348. The van der Waals surface area contributed by atoms with Crippen LogP contribution in [-0.4, -0.2) is 42.1 Å². The first kappa shape index (κ1) is 21.0. The average Bonchev–Trinajstić information content (AvgIpc) is 3.44. The Morgan fingerprint density at radius 3 is 2.91 bits per heavy atom. The maximum Gasteiger partial charge on any atom is 0.266 e. The van der Waals surface area contributed by atoms with Crippen LogP contribution in [-0.2, 0) is 23.0 Å². The molecule has 6 rings (SSSR count). The molecule has 11 heteroatoms. The van der Waals surface area contributed by atoms with E-state index in [4.69, 9.17) is 14.0 Å². The van der Waals surface area contributed by atoms with Gasteiger partial charge in [-0.3, -0.25) is 9.40 Å². The third-order valence-corrected chi connectivity index (χ3v) is 7.46. The van der Waals surface area contributed by atoms with Crippen LogP contribution in [0.2, 0.25) is 0 Å². The lowest BCUT2D eigenvalue weighted by Gasteiger charge is -2.22. The largest absolute Gasteiger partial charge is 0.492 e. The molecule has 0 amide bonds. The third-order valence-electron chi connectivity index (χ3n) is 6.11. The van der Waals surface area contributed by atoms with Crippen molar-refractivity contribution in [2.75, 3.05) is 18.4 Å². The normalized spacial score (nSPS) is 15.7. The van der Waals surface area contributed by atoms with Gasteiger partial charge in [-0.25, -0.2) is 13.4 Å². The Bertz CT molecular complexity index is 1480. The smallest absolute Gasteiger partial charge is 0.266 e. The van der Waals surface area contributed by atoms with Crippen molar-refractivity contribution in [1.82, 2.24) is 19.9 Å². The predicted molar refractivity (Wildman–Crippen MR) is 123 cm³/mol. The fourth-order valence-corrected chi connectivity index (χ4v) is 5.57. The zero-order valence-corrected chi connectivity index (χ0v) is 19.3. The number of hydrogen-bond donors (Lipinski definition) is 1. The number of sulfonamides is 1. The Hall–Kier alpha value is -3.60. The van der Waals surface area contributed by atoms with Crippen LogP contribution in [0.4, 0.5) is 5.82 Å². The van der Waals surface area contributed by atoms with Crippen LogP contribution in [0, 0.1) is 0 Å². The first-order chi connectivity index (χ1) is 16.5. The van der Waals surface area contributed by atoms with Crippen LogP contribution in [0.1, 0.15) is 42.0 Å². The molecule has 0 atom stereocenters. The molecule has 1 aliphatic heterocycles. The lowest BCUT2D eigenvalue weighted by atomic mass is 10.0. The molecule has 0 bridgehead atoms. The number of aryl methyl sites for hydroxylation is 1. The van der Waals surface area contributed by atoms with Crippen molar-refractivity contribution in [1.29, 1.82) is 0 Å². The quantitative estimate of drug-likeness (QED) is 0.426. The summed E-state index contributed by atoms with van der Waals surface area (Å²) in [4.78, 5) is 4.63. The van der Waals surface area contributed by atoms with Gasteiger partial charge in [0.05, 0.1) is 26.0 Å². The number of hydrogen-bond acceptors (Lipinski definition) is 8. The number of rotatable bonds is 7. The summed E-state index contributed by atoms with van der Waals surface area (Å²) < 4.78 is 48.1. The number of nitrogens with zero attached hydrogens (tertiary/aromatic N) is 4. The summed E-state index contributed by atoms with van der Waals surface area (Å²) in [6.07, 6.45) is 7.30. The standard InChI is InChI=1S/C23H23N5O5S/c1-31-23-20-18(12-17(25-23)13-28-8-3-7-24-28)33-26-22(20)27-34(29,30)19-11-16(14-5-6-14)10-15-4-2-9-32-21(15)19/h3,7-8,10-12,14H,2,4-6,9,13H2,1H3,(H,26,27). The highest BCUT2D eigenvalue weighted by molar-refractivity contribution is 7.92. The minimum Gasteiger partial charge on any atom is -0.492 e. The van der Waals surface area contributed by atoms with Gasteiger partial charge < -0.3 is 14.0 Å². The van der Waals surface area contributed by atoms with Crippen molar-refractivity contribution >= 4 is 26.8 Å². The highest BCUT2D eigenvalue weighted by Gasteiger charge is 2.32. The van der Waals surface area contributed by atoms with Crippen molar-refractivity contribution < 1.29 is 22.4 Å². The van der Waals surface area contributed by atoms with Gasteiger partial charge in [0.15, 0.2) is 11.4 Å². The van der Waals surface area contributed by atoms with Gasteiger partial charge in [0.2, 0.25) is 5.88 Å². The molecule has 1 aliphatic carbocycles. The second-order valence-electron chi connectivity index (χ2n) is 8.57. The minimum atomic E-state index is -4.02. The maximum absolute atomic E-state index is 13.5. The third kappa shape index (κ3) is 3.75. The Morgan fingerprint density at radius 1 is 1.26 bits per heavy atom. The minimum absolute atomic E-state index is 0.0198. The van der Waals surface area contributed by atoms with Crippen LogP contribution < -0.4 is 14.2 Å². The van der Waals surface area contributed by atoms with Gasteiger partial charge in [-0.1, -0.05) is 11.2 Å². The molecular weight excluding hydrogens is 458 g/mol. The van der Waals surface area contributed by atoms with E-state index in [1.165, 1.54) is 7.11 Å². The van der Waals surface area contributed by atoms with Crippen molar-refractivity contribution in [3.8, 4) is 11.6 Å². The highest BCUT2D eigenvalue weighted by Crippen LogP contribution is 2.45. The van der Waals surface area contributed by atoms with Crippen LogP contribution in [0.3, 0.4) is 0 Å². The summed E-state index contributed by atoms with van der Waals surface area (Å²) in [5, 5.41) is 8.52. The summed E-state index contributed by atoms with van der Waals surface area (Å²) >= 11 is 0. The summed E-state index contributed by atoms with van der Waals surface area (Å²) in [5.74, 6) is 1.06. The number of ether oxygens (including phenoxy) is 2. The monoisotopic (exact) mass is 481 g/mol. The summed E-state index contributed by atoms with van der Waals surface area (Å²) in [7, 11) is -2.55. The Balaban J connectivity index is 1.39. The molecule has 3 aromatic heterocycles. The summed E-state index contributed by atoms with van der Waals surface area (Å²) in [5.41, 5.74) is 2.97. The van der Waals surface area contributed by atoms with E-state index < -0.39 is 10.0 Å². The van der Waals surface area contributed by atoms with Gasteiger partial charge in [-0.2, -0.15) is 5.10 Å². The lowest BCUT2D eigenvalue weighted by Crippen LogP contribution is -2.19. The van der Waals surface area contributed by atoms with E-state index in [9.17, 15) is 8.42 Å². The SMILES string of the molecule is COc1nc(Cn2cccn2)cc2onc(NS(=O)(=O)c3cc(C4CC4)cc4c3OCCC4)c12. The van der Waals surface area contributed by atoms with Gasteiger partial charge in [0.25, 0.3) is 10.0 Å². The molecule has 4 aromatic rings. The van der Waals surface area contributed by atoms with Crippen molar-refractivity contribution in [2.45, 2.75) is 43.0 Å². The maximum atomic E-state index is 13.5. The molecule has 1 saturated carbocycles. The van der Waals surface area contributed by atoms with Gasteiger partial charge in [0.1, 0.15) is 16.0 Å². The van der Waals surface area contributed by atoms with E-state index >= 15 is 0 Å². The van der Waals surface area contributed by atoms with E-state index in [1.54, 1.807) is 23.0 Å². The van der Waals surface area contributed by atoms with Crippen LogP contribution in [0.5, 0.6) is 11.6 Å².